The number of hydrogen-bond donors (Lipinski definition) is 0. The molecule has 26 heavy (non-hydrogen) atoms. The lowest BCUT2D eigenvalue weighted by atomic mass is 10.1. The number of thioether (sulfide) groups is 1. The lowest BCUT2D eigenvalue weighted by molar-refractivity contribution is 0.102. The number of carbonyl (C=O) groups is 1. The summed E-state index contributed by atoms with van der Waals surface area (Å²) < 4.78 is 7.48. The Morgan fingerprint density at radius 2 is 1.96 bits per heavy atom. The largest absolute Gasteiger partial charge is 0.494 e. The van der Waals surface area contributed by atoms with E-state index in [1.165, 1.54) is 11.8 Å². The number of nitrogens with zero attached hydrogens (tertiary/aromatic N) is 2. The number of aromatic nitrogens is 2. The number of aryl methyl sites for hydroxylation is 1. The number of benzene rings is 2. The molecule has 3 aromatic rings. The third kappa shape index (κ3) is 4.55. The Morgan fingerprint density at radius 3 is 2.65 bits per heavy atom. The molecule has 0 spiro atoms. The van der Waals surface area contributed by atoms with E-state index < -0.39 is 0 Å². The van der Waals surface area contributed by atoms with Crippen LogP contribution in [0.4, 0.5) is 0 Å². The predicted molar refractivity (Wildman–Crippen MR) is 114 cm³/mol. The Kier molecular flexibility index (Phi) is 7.41. The lowest BCUT2D eigenvalue weighted by Crippen LogP contribution is -2.03. The van der Waals surface area contributed by atoms with Crippen molar-refractivity contribution in [3.8, 4) is 5.75 Å². The van der Waals surface area contributed by atoms with Crippen LogP contribution in [-0.4, -0.2) is 27.7 Å². The second kappa shape index (κ2) is 9.13. The molecule has 0 radical (unpaired) electrons. The molecule has 0 unspecified atom stereocenters. The fraction of sp³-hybridized carbons (Fsp3) is 0.222. The van der Waals surface area contributed by atoms with Crippen molar-refractivity contribution in [1.29, 1.82) is 0 Å². The molecule has 0 bridgehead atoms. The van der Waals surface area contributed by atoms with Crippen molar-refractivity contribution in [2.24, 2.45) is 7.05 Å². The summed E-state index contributed by atoms with van der Waals surface area (Å²) in [5.74, 6) is 1.04. The number of halogens is 3. The molecule has 0 saturated heterocycles. The van der Waals surface area contributed by atoms with Crippen LogP contribution >= 0.6 is 51.9 Å². The molecule has 0 N–H and O–H groups in total. The molecule has 0 aliphatic rings. The summed E-state index contributed by atoms with van der Waals surface area (Å²) >= 11 is 13.3. The van der Waals surface area contributed by atoms with E-state index in [0.29, 0.717) is 22.2 Å². The maximum absolute atomic E-state index is 12.4. The first kappa shape index (κ1) is 21.1. The Balaban J connectivity index is 0.00000243. The lowest BCUT2D eigenvalue weighted by Gasteiger charge is -2.04. The molecule has 0 amide bonds. The Bertz CT molecular complexity index is 946. The number of ketones is 1. The number of fused-ring (bicyclic) bond motifs is 1. The monoisotopic (exact) mass is 474 g/mol. The first-order chi connectivity index (χ1) is 12.0. The van der Waals surface area contributed by atoms with Crippen LogP contribution in [0.2, 0.25) is 10.0 Å². The molecule has 0 aliphatic carbocycles. The second-order valence-corrected chi connectivity index (χ2v) is 7.13. The molecule has 138 valence electrons. The fourth-order valence-electron chi connectivity index (χ4n) is 2.43. The van der Waals surface area contributed by atoms with Crippen molar-refractivity contribution in [3.05, 3.63) is 52.0 Å². The van der Waals surface area contributed by atoms with E-state index in [1.54, 1.807) is 18.2 Å². The number of Topliss-reactive ketones (excluding diaryl/α,β-unsaturated/α-hetero) is 1. The Morgan fingerprint density at radius 1 is 1.19 bits per heavy atom. The van der Waals surface area contributed by atoms with Crippen LogP contribution in [0.5, 0.6) is 5.75 Å². The second-order valence-electron chi connectivity index (χ2n) is 5.38. The molecule has 0 aliphatic heterocycles. The molecule has 2 aromatic carbocycles. The van der Waals surface area contributed by atoms with Crippen molar-refractivity contribution in [2.45, 2.75) is 12.1 Å². The zero-order valence-corrected chi connectivity index (χ0v) is 18.2. The van der Waals surface area contributed by atoms with Crippen molar-refractivity contribution in [3.63, 3.8) is 0 Å². The minimum atomic E-state index is -0.0226. The molecule has 3 rings (SSSR count). The summed E-state index contributed by atoms with van der Waals surface area (Å²) in [5.41, 5.74) is 2.38. The Hall–Kier alpha value is -1.21. The quantitative estimate of drug-likeness (QED) is 0.332. The van der Waals surface area contributed by atoms with Crippen LogP contribution in [0.1, 0.15) is 17.3 Å². The van der Waals surface area contributed by atoms with Crippen LogP contribution in [-0.2, 0) is 7.05 Å². The summed E-state index contributed by atoms with van der Waals surface area (Å²) in [4.78, 5) is 17.0. The van der Waals surface area contributed by atoms with Crippen molar-refractivity contribution < 1.29 is 9.53 Å². The minimum absolute atomic E-state index is 0. The molecular formula is C18H17BrCl2N2O2S. The smallest absolute Gasteiger partial charge is 0.173 e. The van der Waals surface area contributed by atoms with Crippen LogP contribution in [0.3, 0.4) is 0 Å². The first-order valence-corrected chi connectivity index (χ1v) is 9.44. The zero-order valence-electron chi connectivity index (χ0n) is 14.2. The van der Waals surface area contributed by atoms with Gasteiger partial charge in [0.25, 0.3) is 0 Å². The van der Waals surface area contributed by atoms with Gasteiger partial charge in [0.1, 0.15) is 5.75 Å². The molecule has 0 fully saturated rings. The van der Waals surface area contributed by atoms with E-state index in [1.807, 2.05) is 36.7 Å². The molecular weight excluding hydrogens is 459 g/mol. The highest BCUT2D eigenvalue weighted by Crippen LogP contribution is 2.27. The third-order valence-corrected chi connectivity index (χ3v) is 5.47. The van der Waals surface area contributed by atoms with Gasteiger partial charge in [-0.2, -0.15) is 0 Å². The van der Waals surface area contributed by atoms with Crippen molar-refractivity contribution in [2.75, 3.05) is 12.4 Å². The fourth-order valence-corrected chi connectivity index (χ4v) is 3.61. The van der Waals surface area contributed by atoms with Gasteiger partial charge in [-0.15, -0.1) is 17.0 Å². The predicted octanol–water partition coefficient (Wildman–Crippen LogP) is 5.83. The molecule has 8 heteroatoms. The third-order valence-electron chi connectivity index (χ3n) is 3.70. The maximum Gasteiger partial charge on any atom is 0.173 e. The van der Waals surface area contributed by atoms with Crippen LogP contribution in [0.15, 0.2) is 41.6 Å². The number of ether oxygens (including phenoxy) is 1. The molecule has 1 heterocycles. The highest BCUT2D eigenvalue weighted by Gasteiger charge is 2.13. The van der Waals surface area contributed by atoms with Gasteiger partial charge in [0.2, 0.25) is 0 Å². The minimum Gasteiger partial charge on any atom is -0.494 e. The Labute approximate surface area is 176 Å². The van der Waals surface area contributed by atoms with Gasteiger partial charge in [-0.25, -0.2) is 4.98 Å². The summed E-state index contributed by atoms with van der Waals surface area (Å²) in [5, 5.41) is 1.59. The average molecular weight is 476 g/mol. The van der Waals surface area contributed by atoms with Gasteiger partial charge >= 0.3 is 0 Å². The van der Waals surface area contributed by atoms with Crippen LogP contribution in [0, 0.1) is 0 Å². The summed E-state index contributed by atoms with van der Waals surface area (Å²) in [6.07, 6.45) is 0. The van der Waals surface area contributed by atoms with Crippen LogP contribution in [0.25, 0.3) is 11.0 Å². The van der Waals surface area contributed by atoms with Gasteiger partial charge in [0.15, 0.2) is 10.9 Å². The SMILES string of the molecule is Br.CCOc1ccc2c(c1)nc(SCC(=O)c1ccc(Cl)c(Cl)c1)n2C. The molecule has 0 atom stereocenters. The number of hydrogen-bond acceptors (Lipinski definition) is 4. The summed E-state index contributed by atoms with van der Waals surface area (Å²) in [7, 11) is 1.93. The van der Waals surface area contributed by atoms with Gasteiger partial charge in [0.05, 0.1) is 33.4 Å². The highest BCUT2D eigenvalue weighted by molar-refractivity contribution is 8.93. The highest BCUT2D eigenvalue weighted by atomic mass is 79.9. The molecule has 1 aromatic heterocycles. The maximum atomic E-state index is 12.4. The van der Waals surface area contributed by atoms with Crippen molar-refractivity contribution >= 4 is 68.8 Å². The van der Waals surface area contributed by atoms with E-state index in [4.69, 9.17) is 27.9 Å². The van der Waals surface area contributed by atoms with Crippen LogP contribution < -0.4 is 4.74 Å². The topological polar surface area (TPSA) is 44.1 Å². The normalized spacial score (nSPS) is 10.6. The van der Waals surface area contributed by atoms with E-state index in [2.05, 4.69) is 4.98 Å². The zero-order chi connectivity index (χ0) is 18.0. The summed E-state index contributed by atoms with van der Waals surface area (Å²) in [6.45, 7) is 2.55. The summed E-state index contributed by atoms with van der Waals surface area (Å²) in [6, 6.07) is 10.7. The standard InChI is InChI=1S/C18H16Cl2N2O2S.BrH/c1-3-24-12-5-7-16-15(9-12)21-18(22(16)2)25-10-17(23)11-4-6-13(19)14(20)8-11;/h4-9H,3,10H2,1-2H3;1H. The number of imidazole rings is 1. The molecule has 4 nitrogen and oxygen atoms in total. The van der Waals surface area contributed by atoms with E-state index in [0.717, 1.165) is 21.9 Å². The van der Waals surface area contributed by atoms with Gasteiger partial charge < -0.3 is 9.30 Å². The molecule has 0 saturated carbocycles. The van der Waals surface area contributed by atoms with E-state index in [-0.39, 0.29) is 28.5 Å². The van der Waals surface area contributed by atoms with Gasteiger partial charge in [-0.1, -0.05) is 35.0 Å². The van der Waals surface area contributed by atoms with E-state index in [9.17, 15) is 4.79 Å². The first-order valence-electron chi connectivity index (χ1n) is 7.70. The average Bonchev–Trinajstić information content (AvgIpc) is 2.91. The van der Waals surface area contributed by atoms with E-state index >= 15 is 0 Å². The van der Waals surface area contributed by atoms with Gasteiger partial charge in [-0.05, 0) is 37.3 Å². The van der Waals surface area contributed by atoms with Gasteiger partial charge in [-0.3, -0.25) is 4.79 Å². The van der Waals surface area contributed by atoms with Gasteiger partial charge in [0, 0.05) is 18.7 Å². The number of carbonyl (C=O) groups excluding carboxylic acids is 1. The number of rotatable bonds is 6. The van der Waals surface area contributed by atoms with Crippen molar-refractivity contribution in [1.82, 2.24) is 9.55 Å².